The van der Waals surface area contributed by atoms with Crippen molar-refractivity contribution in [3.63, 3.8) is 0 Å². The van der Waals surface area contributed by atoms with Gasteiger partial charge in [0.1, 0.15) is 13.1 Å². The smallest absolute Gasteiger partial charge is 0.484 e. The minimum absolute atomic E-state index is 0.321. The number of amides is 1. The molecule has 1 aliphatic heterocycles. The molecular formula is C5H10N2O3S2. The van der Waals surface area contributed by atoms with E-state index >= 15 is 0 Å². The molecule has 0 aliphatic carbocycles. The third kappa shape index (κ3) is 2.44. The minimum Gasteiger partial charge on any atom is -0.589 e. The number of quaternary nitrogens is 1. The molecule has 0 unspecified atom stereocenters. The van der Waals surface area contributed by atoms with Gasteiger partial charge < -0.3 is 5.21 Å². The first kappa shape index (κ1) is 9.97. The van der Waals surface area contributed by atoms with Crippen LogP contribution in [0.3, 0.4) is 0 Å². The summed E-state index contributed by atoms with van der Waals surface area (Å²) < 4.78 is 0.649. The molecular weight excluding hydrogens is 200 g/mol. The highest BCUT2D eigenvalue weighted by Crippen LogP contribution is 2.19. The predicted octanol–water partition coefficient (Wildman–Crippen LogP) is 1.14. The van der Waals surface area contributed by atoms with Crippen LogP contribution in [0.15, 0.2) is 0 Å². The first-order valence-electron chi connectivity index (χ1n) is 3.53. The fourth-order valence-electron chi connectivity index (χ4n) is 1.09. The van der Waals surface area contributed by atoms with Gasteiger partial charge in [-0.15, -0.1) is 0 Å². The summed E-state index contributed by atoms with van der Waals surface area (Å²) in [6.45, 7) is 0.641. The van der Waals surface area contributed by atoms with Crippen LogP contribution in [0.4, 0.5) is 4.79 Å². The van der Waals surface area contributed by atoms with Crippen LogP contribution < -0.4 is 0 Å². The monoisotopic (exact) mass is 210 g/mol. The zero-order valence-electron chi connectivity index (χ0n) is 6.34. The topological polar surface area (TPSA) is 52.6 Å². The molecule has 1 fully saturated rings. The molecule has 0 atom stereocenters. The predicted molar refractivity (Wildman–Crippen MR) is 48.9 cm³/mol. The Morgan fingerprint density at radius 3 is 2.33 bits per heavy atom. The van der Waals surface area contributed by atoms with Gasteiger partial charge in [0.2, 0.25) is 0 Å². The molecule has 12 heavy (non-hydrogen) atoms. The lowest BCUT2D eigenvalue weighted by Crippen LogP contribution is -2.42. The largest absolute Gasteiger partial charge is 0.589 e. The SMILES string of the molecule is O=C(O[N+]1([O-])CCCC1)N(S)S. The molecule has 0 radical (unpaired) electrons. The van der Waals surface area contributed by atoms with E-state index in [1.807, 2.05) is 0 Å². The molecule has 0 bridgehead atoms. The average molecular weight is 210 g/mol. The Morgan fingerprint density at radius 1 is 1.42 bits per heavy atom. The van der Waals surface area contributed by atoms with Crippen LogP contribution in [0.25, 0.3) is 0 Å². The van der Waals surface area contributed by atoms with Gasteiger partial charge in [-0.2, -0.15) is 8.52 Å². The van der Waals surface area contributed by atoms with E-state index in [1.165, 1.54) is 0 Å². The van der Waals surface area contributed by atoms with Crippen molar-refractivity contribution in [2.75, 3.05) is 13.1 Å². The van der Waals surface area contributed by atoms with Gasteiger partial charge in [0, 0.05) is 12.8 Å². The summed E-state index contributed by atoms with van der Waals surface area (Å²) in [7, 11) is 0. The van der Waals surface area contributed by atoms with Gasteiger partial charge in [0.15, 0.2) is 0 Å². The lowest BCUT2D eigenvalue weighted by molar-refractivity contribution is -1.04. The number of hydroxylamine groups is 4. The van der Waals surface area contributed by atoms with Gasteiger partial charge in [-0.05, 0) is 25.6 Å². The molecule has 0 N–H and O–H groups in total. The molecule has 7 heteroatoms. The lowest BCUT2D eigenvalue weighted by atomic mass is 10.4. The maximum absolute atomic E-state index is 11.4. The first-order valence-corrected chi connectivity index (χ1v) is 4.33. The Hall–Kier alpha value is -0.110. The van der Waals surface area contributed by atoms with Crippen molar-refractivity contribution in [2.24, 2.45) is 0 Å². The van der Waals surface area contributed by atoms with E-state index in [9.17, 15) is 10.0 Å². The third-order valence-electron chi connectivity index (χ3n) is 1.66. The standard InChI is InChI=1S/C5H10N2O3S2/c8-5(6(11)12)10-7(9)3-1-2-4-7/h11-12H,1-4H2. The van der Waals surface area contributed by atoms with E-state index in [2.05, 4.69) is 30.5 Å². The zero-order chi connectivity index (χ0) is 9.19. The van der Waals surface area contributed by atoms with Crippen LogP contribution >= 0.6 is 25.6 Å². The van der Waals surface area contributed by atoms with Crippen molar-refractivity contribution in [1.29, 1.82) is 0 Å². The van der Waals surface area contributed by atoms with E-state index < -0.39 is 10.9 Å². The van der Waals surface area contributed by atoms with Gasteiger partial charge >= 0.3 is 6.09 Å². The van der Waals surface area contributed by atoms with Crippen LogP contribution in [0.2, 0.25) is 0 Å². The molecule has 70 valence electrons. The Morgan fingerprint density at radius 2 is 1.92 bits per heavy atom. The maximum atomic E-state index is 11.4. The van der Waals surface area contributed by atoms with Crippen molar-refractivity contribution >= 4 is 31.7 Å². The minimum atomic E-state index is -0.906. The van der Waals surface area contributed by atoms with E-state index in [-0.39, 0.29) is 0 Å². The molecule has 1 saturated heterocycles. The molecule has 0 saturated carbocycles. The molecule has 1 aliphatic rings. The van der Waals surface area contributed by atoms with Crippen LogP contribution in [0, 0.1) is 5.21 Å². The van der Waals surface area contributed by atoms with Crippen molar-refractivity contribution < 1.29 is 14.4 Å². The number of nitrogens with zero attached hydrogens (tertiary/aromatic N) is 2. The van der Waals surface area contributed by atoms with Gasteiger partial charge in [0.25, 0.3) is 0 Å². The molecule has 1 amide bonds. The highest BCUT2D eigenvalue weighted by atomic mass is 32.2. The summed E-state index contributed by atoms with van der Waals surface area (Å²) in [5.74, 6) is 0. The molecule has 0 aromatic heterocycles. The Labute approximate surface area is 81.5 Å². The Kier molecular flexibility index (Phi) is 3.10. The van der Waals surface area contributed by atoms with Gasteiger partial charge in [-0.25, -0.2) is 9.63 Å². The number of hydrogen-bond acceptors (Lipinski definition) is 5. The molecule has 0 spiro atoms. The molecule has 1 rings (SSSR count). The molecule has 0 aromatic rings. The van der Waals surface area contributed by atoms with Crippen molar-refractivity contribution in [3.05, 3.63) is 5.21 Å². The van der Waals surface area contributed by atoms with Gasteiger partial charge in [-0.1, -0.05) is 0 Å². The van der Waals surface area contributed by atoms with Crippen molar-refractivity contribution in [1.82, 2.24) is 3.71 Å². The fraction of sp³-hybridized carbons (Fsp3) is 0.800. The van der Waals surface area contributed by atoms with Crippen LogP contribution in [-0.4, -0.2) is 27.7 Å². The Bertz CT molecular complexity index is 182. The van der Waals surface area contributed by atoms with Crippen molar-refractivity contribution in [2.45, 2.75) is 12.8 Å². The van der Waals surface area contributed by atoms with Gasteiger partial charge in [0.05, 0.1) is 0 Å². The lowest BCUT2D eigenvalue weighted by Gasteiger charge is -2.33. The quantitative estimate of drug-likeness (QED) is 0.387. The van der Waals surface area contributed by atoms with Crippen molar-refractivity contribution in [3.8, 4) is 0 Å². The van der Waals surface area contributed by atoms with E-state index in [1.54, 1.807) is 0 Å². The van der Waals surface area contributed by atoms with E-state index in [0.717, 1.165) is 12.8 Å². The highest BCUT2D eigenvalue weighted by molar-refractivity contribution is 7.94. The third-order valence-corrected chi connectivity index (χ3v) is 1.98. The maximum Gasteiger partial charge on any atom is 0.484 e. The summed E-state index contributed by atoms with van der Waals surface area (Å²) in [6, 6.07) is 0. The second-order valence-corrected chi connectivity index (χ2v) is 3.73. The second-order valence-electron chi connectivity index (χ2n) is 2.62. The van der Waals surface area contributed by atoms with E-state index in [0.29, 0.717) is 16.8 Å². The Balaban J connectivity index is 2.44. The first-order chi connectivity index (χ1) is 5.53. The number of carbonyl (C=O) groups is 1. The average Bonchev–Trinajstić information content (AvgIpc) is 2.35. The van der Waals surface area contributed by atoms with Gasteiger partial charge in [-0.3, -0.25) is 0 Å². The second kappa shape index (κ2) is 3.73. The summed E-state index contributed by atoms with van der Waals surface area (Å²) in [5, 5.41) is 11.4. The molecule has 0 aromatic carbocycles. The normalized spacial score (nSPS) is 20.6. The number of carbonyl (C=O) groups excluding carboxylic acids is 1. The fourth-order valence-corrected chi connectivity index (χ4v) is 1.16. The van der Waals surface area contributed by atoms with E-state index in [4.69, 9.17) is 0 Å². The molecule has 5 nitrogen and oxygen atoms in total. The number of rotatable bonds is 1. The highest BCUT2D eigenvalue weighted by Gasteiger charge is 2.29. The zero-order valence-corrected chi connectivity index (χ0v) is 8.13. The number of thiol groups is 2. The summed E-state index contributed by atoms with van der Waals surface area (Å²) in [4.78, 5) is 14.5. The van der Waals surface area contributed by atoms with Crippen LogP contribution in [0.5, 0.6) is 0 Å². The molecule has 1 heterocycles. The summed E-state index contributed by atoms with van der Waals surface area (Å²) >= 11 is 7.15. The van der Waals surface area contributed by atoms with Crippen LogP contribution in [-0.2, 0) is 4.84 Å². The van der Waals surface area contributed by atoms with Crippen LogP contribution in [0.1, 0.15) is 12.8 Å². The summed E-state index contributed by atoms with van der Waals surface area (Å²) in [6.07, 6.45) is 0.741. The number of hydrogen-bond donors (Lipinski definition) is 2. The summed E-state index contributed by atoms with van der Waals surface area (Å²) in [5.41, 5.74) is 0.